The highest BCUT2D eigenvalue weighted by molar-refractivity contribution is 5.99. The molecule has 1 aliphatic rings. The Kier molecular flexibility index (Phi) is 5.48. The monoisotopic (exact) mass is 405 g/mol. The Labute approximate surface area is 176 Å². The molecule has 0 saturated heterocycles. The minimum absolute atomic E-state index is 0.127. The summed E-state index contributed by atoms with van der Waals surface area (Å²) in [5, 5.41) is 0.524. The molecule has 0 bridgehead atoms. The normalized spacial score (nSPS) is 16.0. The lowest BCUT2D eigenvalue weighted by molar-refractivity contribution is 0.0593. The zero-order valence-corrected chi connectivity index (χ0v) is 17.9. The molecule has 0 unspecified atom stereocenters. The lowest BCUT2D eigenvalue weighted by atomic mass is 9.97. The second-order valence-corrected chi connectivity index (χ2v) is 8.19. The van der Waals surface area contributed by atoms with Crippen molar-refractivity contribution in [3.05, 3.63) is 80.7 Å². The third-order valence-electron chi connectivity index (χ3n) is 5.69. The average molecular weight is 405 g/mol. The van der Waals surface area contributed by atoms with Gasteiger partial charge < -0.3 is 14.1 Å². The lowest BCUT2D eigenvalue weighted by Crippen LogP contribution is -2.31. The average Bonchev–Trinajstić information content (AvgIpc) is 3.00. The number of benzene rings is 2. The molecule has 3 aromatic rings. The second kappa shape index (κ2) is 8.07. The van der Waals surface area contributed by atoms with Gasteiger partial charge in [-0.15, -0.1) is 0 Å². The molecule has 2 aromatic carbocycles. The Morgan fingerprint density at radius 2 is 1.77 bits per heavy atom. The van der Waals surface area contributed by atoms with Gasteiger partial charge in [-0.2, -0.15) is 0 Å². The van der Waals surface area contributed by atoms with E-state index in [4.69, 9.17) is 9.15 Å². The first-order chi connectivity index (χ1) is 14.4. The number of fused-ring (bicyclic) bond motifs is 2. The minimum Gasteiger partial charge on any atom is -0.450 e. The van der Waals surface area contributed by atoms with Crippen LogP contribution in [0.2, 0.25) is 0 Å². The molecular formula is C25H27NO4. The number of rotatable bonds is 6. The molecule has 0 N–H and O–H groups in total. The molecule has 156 valence electrons. The fraction of sp³-hybridized carbons (Fsp3) is 0.360. The first-order valence-corrected chi connectivity index (χ1v) is 10.4. The molecule has 5 heteroatoms. The van der Waals surface area contributed by atoms with Gasteiger partial charge in [0, 0.05) is 13.2 Å². The van der Waals surface area contributed by atoms with E-state index in [-0.39, 0.29) is 23.2 Å². The topological polar surface area (TPSA) is 59.8 Å². The molecule has 1 atom stereocenters. The van der Waals surface area contributed by atoms with Crippen LogP contribution in [-0.2, 0) is 4.74 Å². The summed E-state index contributed by atoms with van der Waals surface area (Å²) in [6.45, 7) is 8.97. The molecule has 0 spiro atoms. The van der Waals surface area contributed by atoms with E-state index in [0.717, 1.165) is 16.7 Å². The highest BCUT2D eigenvalue weighted by atomic mass is 16.5. The van der Waals surface area contributed by atoms with Crippen molar-refractivity contribution in [1.29, 1.82) is 0 Å². The number of carbonyl (C=O) groups excluding carboxylic acids is 1. The van der Waals surface area contributed by atoms with Crippen LogP contribution in [0.1, 0.15) is 59.1 Å². The van der Waals surface area contributed by atoms with E-state index in [1.54, 1.807) is 4.90 Å². The molecule has 0 saturated carbocycles. The van der Waals surface area contributed by atoms with Crippen molar-refractivity contribution in [2.24, 2.45) is 0 Å². The van der Waals surface area contributed by atoms with Gasteiger partial charge in [0.15, 0.2) is 5.43 Å². The van der Waals surface area contributed by atoms with Gasteiger partial charge in [-0.05, 0) is 62.9 Å². The van der Waals surface area contributed by atoms with Crippen LogP contribution in [0.4, 0.5) is 0 Å². The number of amides is 1. The van der Waals surface area contributed by atoms with Crippen molar-refractivity contribution < 1.29 is 13.9 Å². The van der Waals surface area contributed by atoms with Crippen LogP contribution in [0.15, 0.2) is 51.7 Å². The van der Waals surface area contributed by atoms with Crippen LogP contribution >= 0.6 is 0 Å². The van der Waals surface area contributed by atoms with Gasteiger partial charge in [-0.1, -0.05) is 30.3 Å². The fourth-order valence-corrected chi connectivity index (χ4v) is 4.04. The molecule has 1 amide bonds. The third kappa shape index (κ3) is 3.54. The van der Waals surface area contributed by atoms with E-state index in [1.165, 1.54) is 0 Å². The maximum atomic E-state index is 13.5. The zero-order chi connectivity index (χ0) is 21.4. The van der Waals surface area contributed by atoms with E-state index in [1.807, 2.05) is 70.2 Å². The molecule has 2 heterocycles. The highest BCUT2D eigenvalue weighted by Gasteiger charge is 2.42. The van der Waals surface area contributed by atoms with E-state index in [9.17, 15) is 9.59 Å². The van der Waals surface area contributed by atoms with E-state index in [0.29, 0.717) is 36.1 Å². The summed E-state index contributed by atoms with van der Waals surface area (Å²) < 4.78 is 11.7. The van der Waals surface area contributed by atoms with Crippen LogP contribution in [-0.4, -0.2) is 30.1 Å². The molecule has 0 fully saturated rings. The van der Waals surface area contributed by atoms with Crippen molar-refractivity contribution in [1.82, 2.24) is 4.90 Å². The Morgan fingerprint density at radius 3 is 2.47 bits per heavy atom. The second-order valence-electron chi connectivity index (χ2n) is 8.19. The van der Waals surface area contributed by atoms with Crippen LogP contribution < -0.4 is 5.43 Å². The maximum absolute atomic E-state index is 13.5. The quantitative estimate of drug-likeness (QED) is 0.554. The smallest absolute Gasteiger partial charge is 0.290 e. The minimum atomic E-state index is -0.449. The Morgan fingerprint density at radius 1 is 1.07 bits per heavy atom. The third-order valence-corrected chi connectivity index (χ3v) is 5.69. The van der Waals surface area contributed by atoms with Crippen LogP contribution in [0.3, 0.4) is 0 Å². The molecule has 4 rings (SSSR count). The predicted octanol–water partition coefficient (Wildman–Crippen LogP) is 4.77. The van der Waals surface area contributed by atoms with Crippen molar-refractivity contribution >= 4 is 16.9 Å². The summed E-state index contributed by atoms with van der Waals surface area (Å²) in [4.78, 5) is 28.6. The van der Waals surface area contributed by atoms with Crippen molar-refractivity contribution in [3.8, 4) is 0 Å². The highest BCUT2D eigenvalue weighted by Crippen LogP contribution is 2.38. The number of ether oxygens (including phenoxy) is 1. The first kappa shape index (κ1) is 20.4. The van der Waals surface area contributed by atoms with Crippen molar-refractivity contribution in [3.63, 3.8) is 0 Å². The standard InChI is InChI=1S/C25H27NO4/c1-15(2)29-12-8-11-26-22(18-9-6-5-7-10-18)21-23(27)19-13-16(3)17(4)14-20(19)30-24(21)25(26)28/h5-7,9-10,13-15,22H,8,11-12H2,1-4H3/t22-/m1/s1. The number of nitrogens with zero attached hydrogens (tertiary/aromatic N) is 1. The van der Waals surface area contributed by atoms with Gasteiger partial charge in [0.2, 0.25) is 5.76 Å². The predicted molar refractivity (Wildman–Crippen MR) is 117 cm³/mol. The summed E-state index contributed by atoms with van der Waals surface area (Å²) in [7, 11) is 0. The lowest BCUT2D eigenvalue weighted by Gasteiger charge is -2.25. The molecule has 1 aliphatic heterocycles. The van der Waals surface area contributed by atoms with Gasteiger partial charge in [-0.3, -0.25) is 9.59 Å². The Balaban J connectivity index is 1.83. The van der Waals surface area contributed by atoms with Crippen LogP contribution in [0.25, 0.3) is 11.0 Å². The summed E-state index contributed by atoms with van der Waals surface area (Å²) in [6.07, 6.45) is 0.828. The van der Waals surface area contributed by atoms with Gasteiger partial charge in [0.05, 0.1) is 23.1 Å². The summed E-state index contributed by atoms with van der Waals surface area (Å²) in [5.74, 6) is -0.0741. The van der Waals surface area contributed by atoms with E-state index in [2.05, 4.69) is 0 Å². The number of aryl methyl sites for hydroxylation is 2. The van der Waals surface area contributed by atoms with Crippen molar-refractivity contribution in [2.75, 3.05) is 13.2 Å². The van der Waals surface area contributed by atoms with Crippen molar-refractivity contribution in [2.45, 2.75) is 46.3 Å². The van der Waals surface area contributed by atoms with Gasteiger partial charge in [0.1, 0.15) is 5.58 Å². The fourth-order valence-electron chi connectivity index (χ4n) is 4.04. The van der Waals surface area contributed by atoms with Crippen LogP contribution in [0.5, 0.6) is 0 Å². The number of hydrogen-bond donors (Lipinski definition) is 0. The molecular weight excluding hydrogens is 378 g/mol. The SMILES string of the molecule is Cc1cc2oc3c(c(=O)c2cc1C)[C@@H](c1ccccc1)N(CCCOC(C)C)C3=O. The Bertz CT molecular complexity index is 1150. The van der Waals surface area contributed by atoms with Gasteiger partial charge in [0.25, 0.3) is 5.91 Å². The molecule has 30 heavy (non-hydrogen) atoms. The zero-order valence-electron chi connectivity index (χ0n) is 17.9. The molecule has 1 aromatic heterocycles. The molecule has 0 aliphatic carbocycles. The largest absolute Gasteiger partial charge is 0.450 e. The number of carbonyl (C=O) groups is 1. The first-order valence-electron chi connectivity index (χ1n) is 10.4. The number of hydrogen-bond acceptors (Lipinski definition) is 4. The van der Waals surface area contributed by atoms with E-state index >= 15 is 0 Å². The molecule has 0 radical (unpaired) electrons. The van der Waals surface area contributed by atoms with Gasteiger partial charge in [-0.25, -0.2) is 0 Å². The Hall–Kier alpha value is -2.92. The summed E-state index contributed by atoms with van der Waals surface area (Å²) in [6, 6.07) is 12.9. The maximum Gasteiger partial charge on any atom is 0.290 e. The van der Waals surface area contributed by atoms with Gasteiger partial charge >= 0.3 is 0 Å². The van der Waals surface area contributed by atoms with E-state index < -0.39 is 6.04 Å². The summed E-state index contributed by atoms with van der Waals surface area (Å²) in [5.41, 5.74) is 3.73. The molecule has 5 nitrogen and oxygen atoms in total. The van der Waals surface area contributed by atoms with Crippen LogP contribution in [0, 0.1) is 13.8 Å². The summed E-state index contributed by atoms with van der Waals surface area (Å²) >= 11 is 0.